The molecule has 140 valence electrons. The third-order valence-electron chi connectivity index (χ3n) is 4.25. The van der Waals surface area contributed by atoms with Crippen LogP contribution in [0.3, 0.4) is 0 Å². The average molecular weight is 347 g/mol. The summed E-state index contributed by atoms with van der Waals surface area (Å²) in [6, 6.07) is 8.72. The standard InChI is InChI=1S/C20H34N4O/c1-5-21-20(24(4)12-13-25-16-19-10-11-19)22-14-17-6-8-18(9-7-17)15-23(2)3/h6-9,19H,5,10-16H2,1-4H3,(H,21,22). The van der Waals surface area contributed by atoms with E-state index in [9.17, 15) is 0 Å². The number of benzene rings is 1. The molecule has 0 radical (unpaired) electrons. The van der Waals surface area contributed by atoms with Crippen LogP contribution in [0.1, 0.15) is 30.9 Å². The molecule has 25 heavy (non-hydrogen) atoms. The largest absolute Gasteiger partial charge is 0.379 e. The first-order valence-electron chi connectivity index (χ1n) is 9.38. The molecule has 1 fully saturated rings. The number of aliphatic imine (C=N–C) groups is 1. The number of nitrogens with zero attached hydrogens (tertiary/aromatic N) is 3. The fraction of sp³-hybridized carbons (Fsp3) is 0.650. The van der Waals surface area contributed by atoms with Gasteiger partial charge in [0, 0.05) is 33.3 Å². The number of hydrogen-bond donors (Lipinski definition) is 1. The summed E-state index contributed by atoms with van der Waals surface area (Å²) in [6.45, 7) is 7.17. The van der Waals surface area contributed by atoms with Crippen molar-refractivity contribution in [2.24, 2.45) is 10.9 Å². The second kappa shape index (κ2) is 10.4. The van der Waals surface area contributed by atoms with Gasteiger partial charge in [0.2, 0.25) is 0 Å². The highest BCUT2D eigenvalue weighted by Gasteiger charge is 2.21. The first kappa shape index (κ1) is 19.7. The number of guanidine groups is 1. The molecule has 0 heterocycles. The van der Waals surface area contributed by atoms with E-state index in [-0.39, 0.29) is 0 Å². The summed E-state index contributed by atoms with van der Waals surface area (Å²) in [7, 11) is 6.25. The number of rotatable bonds is 10. The molecule has 5 heteroatoms. The Bertz CT molecular complexity index is 523. The molecule has 0 aromatic heterocycles. The summed E-state index contributed by atoms with van der Waals surface area (Å²) < 4.78 is 5.74. The Morgan fingerprint density at radius 2 is 1.84 bits per heavy atom. The lowest BCUT2D eigenvalue weighted by molar-refractivity contribution is 0.115. The zero-order chi connectivity index (χ0) is 18.1. The molecule has 5 nitrogen and oxygen atoms in total. The lowest BCUT2D eigenvalue weighted by Crippen LogP contribution is -2.40. The van der Waals surface area contributed by atoms with E-state index < -0.39 is 0 Å². The van der Waals surface area contributed by atoms with Gasteiger partial charge in [0.15, 0.2) is 5.96 Å². The molecule has 0 bridgehead atoms. The van der Waals surface area contributed by atoms with E-state index in [1.165, 1.54) is 24.0 Å². The lowest BCUT2D eigenvalue weighted by atomic mass is 10.1. The molecule has 0 amide bonds. The van der Waals surface area contributed by atoms with Crippen molar-refractivity contribution in [2.75, 3.05) is 47.4 Å². The van der Waals surface area contributed by atoms with Crippen LogP contribution in [0.25, 0.3) is 0 Å². The van der Waals surface area contributed by atoms with Crippen molar-refractivity contribution in [1.29, 1.82) is 0 Å². The van der Waals surface area contributed by atoms with Gasteiger partial charge >= 0.3 is 0 Å². The molecule has 1 aliphatic rings. The van der Waals surface area contributed by atoms with Gasteiger partial charge in [0.1, 0.15) is 0 Å². The molecular formula is C20H34N4O. The smallest absolute Gasteiger partial charge is 0.194 e. The van der Waals surface area contributed by atoms with E-state index in [1.807, 2.05) is 0 Å². The molecule has 0 aliphatic heterocycles. The summed E-state index contributed by atoms with van der Waals surface area (Å²) in [5, 5.41) is 3.37. The molecular weight excluding hydrogens is 312 g/mol. The number of nitrogens with one attached hydrogen (secondary N) is 1. The Balaban J connectivity index is 1.82. The van der Waals surface area contributed by atoms with Crippen LogP contribution in [0, 0.1) is 5.92 Å². The van der Waals surface area contributed by atoms with Gasteiger partial charge in [-0.15, -0.1) is 0 Å². The minimum Gasteiger partial charge on any atom is -0.379 e. The molecule has 1 N–H and O–H groups in total. The molecule has 1 aromatic rings. The second-order valence-electron chi connectivity index (χ2n) is 7.16. The van der Waals surface area contributed by atoms with E-state index in [2.05, 4.69) is 67.4 Å². The second-order valence-corrected chi connectivity index (χ2v) is 7.16. The van der Waals surface area contributed by atoms with Gasteiger partial charge in [-0.3, -0.25) is 0 Å². The minimum atomic E-state index is 0.692. The van der Waals surface area contributed by atoms with Crippen LogP contribution in [-0.2, 0) is 17.8 Å². The zero-order valence-electron chi connectivity index (χ0n) is 16.3. The van der Waals surface area contributed by atoms with Gasteiger partial charge in [-0.25, -0.2) is 4.99 Å². The average Bonchev–Trinajstić information content (AvgIpc) is 3.40. The fourth-order valence-corrected chi connectivity index (χ4v) is 2.59. The van der Waals surface area contributed by atoms with Crippen molar-refractivity contribution in [1.82, 2.24) is 15.1 Å². The fourth-order valence-electron chi connectivity index (χ4n) is 2.59. The summed E-state index contributed by atoms with van der Waals surface area (Å²) in [6.07, 6.45) is 2.68. The van der Waals surface area contributed by atoms with Crippen LogP contribution in [0.4, 0.5) is 0 Å². The highest BCUT2D eigenvalue weighted by molar-refractivity contribution is 5.79. The summed E-state index contributed by atoms with van der Waals surface area (Å²) in [5.74, 6) is 1.76. The normalized spacial score (nSPS) is 14.8. The van der Waals surface area contributed by atoms with Crippen LogP contribution < -0.4 is 5.32 Å². The monoisotopic (exact) mass is 346 g/mol. The third-order valence-corrected chi connectivity index (χ3v) is 4.25. The Kier molecular flexibility index (Phi) is 8.22. The number of likely N-dealkylation sites (N-methyl/N-ethyl adjacent to an activating group) is 1. The Hall–Kier alpha value is -1.59. The number of ether oxygens (including phenoxy) is 1. The molecule has 2 rings (SSSR count). The predicted octanol–water partition coefficient (Wildman–Crippen LogP) is 2.57. The maximum Gasteiger partial charge on any atom is 0.194 e. The topological polar surface area (TPSA) is 40.1 Å². The van der Waals surface area contributed by atoms with Crippen molar-refractivity contribution >= 4 is 5.96 Å². The van der Waals surface area contributed by atoms with Crippen LogP contribution in [0.5, 0.6) is 0 Å². The maximum absolute atomic E-state index is 5.74. The summed E-state index contributed by atoms with van der Waals surface area (Å²) in [5.41, 5.74) is 2.56. The molecule has 1 aliphatic carbocycles. The first-order valence-corrected chi connectivity index (χ1v) is 9.38. The highest BCUT2D eigenvalue weighted by Crippen LogP contribution is 2.28. The van der Waals surface area contributed by atoms with E-state index in [1.54, 1.807) is 0 Å². The zero-order valence-corrected chi connectivity index (χ0v) is 16.3. The molecule has 0 atom stereocenters. The SMILES string of the molecule is CCNC(=NCc1ccc(CN(C)C)cc1)N(C)CCOCC1CC1. The Labute approximate surface area is 153 Å². The lowest BCUT2D eigenvalue weighted by Gasteiger charge is -2.22. The van der Waals surface area contributed by atoms with Gasteiger partial charge in [-0.05, 0) is 50.9 Å². The molecule has 0 saturated heterocycles. The highest BCUT2D eigenvalue weighted by atomic mass is 16.5. The van der Waals surface area contributed by atoms with E-state index in [0.717, 1.165) is 44.7 Å². The van der Waals surface area contributed by atoms with Crippen molar-refractivity contribution in [2.45, 2.75) is 32.9 Å². The molecule has 1 aromatic carbocycles. The summed E-state index contributed by atoms with van der Waals surface area (Å²) >= 11 is 0. The first-order chi connectivity index (χ1) is 12.1. The van der Waals surface area contributed by atoms with E-state index in [4.69, 9.17) is 9.73 Å². The van der Waals surface area contributed by atoms with Gasteiger partial charge in [-0.2, -0.15) is 0 Å². The van der Waals surface area contributed by atoms with Gasteiger partial charge in [0.05, 0.1) is 13.2 Å². The molecule has 1 saturated carbocycles. The number of hydrogen-bond acceptors (Lipinski definition) is 3. The third kappa shape index (κ3) is 7.88. The Morgan fingerprint density at radius 1 is 1.16 bits per heavy atom. The van der Waals surface area contributed by atoms with Crippen LogP contribution in [0.15, 0.2) is 29.3 Å². The van der Waals surface area contributed by atoms with Gasteiger partial charge in [-0.1, -0.05) is 24.3 Å². The predicted molar refractivity (Wildman–Crippen MR) is 105 cm³/mol. The molecule has 0 spiro atoms. The van der Waals surface area contributed by atoms with Crippen LogP contribution in [0.2, 0.25) is 0 Å². The van der Waals surface area contributed by atoms with Crippen LogP contribution >= 0.6 is 0 Å². The van der Waals surface area contributed by atoms with Gasteiger partial charge < -0.3 is 19.9 Å². The molecule has 0 unspecified atom stereocenters. The summed E-state index contributed by atoms with van der Waals surface area (Å²) in [4.78, 5) is 9.09. The van der Waals surface area contributed by atoms with E-state index >= 15 is 0 Å². The Morgan fingerprint density at radius 3 is 2.44 bits per heavy atom. The van der Waals surface area contributed by atoms with Crippen molar-refractivity contribution < 1.29 is 4.74 Å². The van der Waals surface area contributed by atoms with Crippen molar-refractivity contribution in [3.63, 3.8) is 0 Å². The minimum absolute atomic E-state index is 0.692. The van der Waals surface area contributed by atoms with Crippen molar-refractivity contribution in [3.05, 3.63) is 35.4 Å². The van der Waals surface area contributed by atoms with Crippen molar-refractivity contribution in [3.8, 4) is 0 Å². The maximum atomic E-state index is 5.74. The van der Waals surface area contributed by atoms with Gasteiger partial charge in [0.25, 0.3) is 0 Å². The van der Waals surface area contributed by atoms with E-state index in [0.29, 0.717) is 6.54 Å². The van der Waals surface area contributed by atoms with Crippen LogP contribution in [-0.4, -0.2) is 63.2 Å². The quantitative estimate of drug-likeness (QED) is 0.402.